The van der Waals surface area contributed by atoms with Crippen LogP contribution in [0.1, 0.15) is 49.3 Å². The van der Waals surface area contributed by atoms with Crippen molar-refractivity contribution >= 4 is 5.82 Å². The summed E-state index contributed by atoms with van der Waals surface area (Å²) < 4.78 is 1.83. The van der Waals surface area contributed by atoms with Crippen LogP contribution in [0.2, 0.25) is 0 Å². The summed E-state index contributed by atoms with van der Waals surface area (Å²) >= 11 is 0. The van der Waals surface area contributed by atoms with E-state index in [1.54, 1.807) is 0 Å². The van der Waals surface area contributed by atoms with E-state index in [2.05, 4.69) is 31.2 Å². The quantitative estimate of drug-likeness (QED) is 0.894. The predicted octanol–water partition coefficient (Wildman–Crippen LogP) is 4.03. The van der Waals surface area contributed by atoms with Crippen molar-refractivity contribution in [2.75, 3.05) is 5.73 Å². The smallest absolute Gasteiger partial charge is 0.129 e. The van der Waals surface area contributed by atoms with E-state index in [0.29, 0.717) is 5.92 Å². The molecule has 20 heavy (non-hydrogen) atoms. The molecule has 3 rings (SSSR count). The first-order chi connectivity index (χ1) is 9.66. The second-order valence-electron chi connectivity index (χ2n) is 5.97. The van der Waals surface area contributed by atoms with Crippen LogP contribution in [0.4, 0.5) is 5.82 Å². The second-order valence-corrected chi connectivity index (χ2v) is 5.97. The van der Waals surface area contributed by atoms with Crippen LogP contribution < -0.4 is 5.73 Å². The summed E-state index contributed by atoms with van der Waals surface area (Å²) in [5.74, 6) is 1.36. The molecule has 1 aromatic carbocycles. The van der Waals surface area contributed by atoms with Crippen LogP contribution in [0.15, 0.2) is 24.3 Å². The van der Waals surface area contributed by atoms with Crippen molar-refractivity contribution in [1.29, 1.82) is 0 Å². The van der Waals surface area contributed by atoms with Crippen molar-refractivity contribution in [3.63, 3.8) is 0 Å². The fourth-order valence-electron chi connectivity index (χ4n) is 3.32. The van der Waals surface area contributed by atoms with E-state index in [-0.39, 0.29) is 0 Å². The van der Waals surface area contributed by atoms with Crippen LogP contribution in [0.5, 0.6) is 0 Å². The maximum absolute atomic E-state index is 6.29. The van der Waals surface area contributed by atoms with Crippen LogP contribution in [0, 0.1) is 6.92 Å². The van der Waals surface area contributed by atoms with E-state index in [1.807, 2.05) is 11.7 Å². The molecule has 1 aliphatic carbocycles. The highest BCUT2D eigenvalue weighted by Gasteiger charge is 2.24. The minimum Gasteiger partial charge on any atom is -0.383 e. The van der Waals surface area contributed by atoms with Crippen molar-refractivity contribution in [1.82, 2.24) is 9.78 Å². The second kappa shape index (κ2) is 5.31. The van der Waals surface area contributed by atoms with Gasteiger partial charge in [-0.3, -0.25) is 4.68 Å². The zero-order chi connectivity index (χ0) is 14.1. The van der Waals surface area contributed by atoms with E-state index in [9.17, 15) is 0 Å². The number of hydrogen-bond acceptors (Lipinski definition) is 2. The Morgan fingerprint density at radius 2 is 1.95 bits per heavy atom. The Balaban J connectivity index is 2.09. The lowest BCUT2D eigenvalue weighted by Gasteiger charge is -2.21. The first-order valence-corrected chi connectivity index (χ1v) is 7.56. The number of benzene rings is 1. The summed E-state index contributed by atoms with van der Waals surface area (Å²) in [5, 5.41) is 4.73. The molecule has 2 N–H and O–H groups in total. The Hall–Kier alpha value is -1.77. The van der Waals surface area contributed by atoms with E-state index in [1.165, 1.54) is 48.9 Å². The first kappa shape index (κ1) is 13.2. The summed E-state index contributed by atoms with van der Waals surface area (Å²) in [6.07, 6.45) is 6.48. The van der Waals surface area contributed by atoms with Gasteiger partial charge < -0.3 is 5.73 Å². The number of aryl methyl sites for hydroxylation is 2. The van der Waals surface area contributed by atoms with Crippen LogP contribution in [-0.4, -0.2) is 9.78 Å². The lowest BCUT2D eigenvalue weighted by Crippen LogP contribution is -2.06. The highest BCUT2D eigenvalue weighted by molar-refractivity contribution is 5.77. The highest BCUT2D eigenvalue weighted by atomic mass is 15.3. The number of nitrogen functional groups attached to an aromatic ring is 1. The normalized spacial score (nSPS) is 16.5. The van der Waals surface area contributed by atoms with Gasteiger partial charge in [-0.05, 0) is 25.3 Å². The molecular weight excluding hydrogens is 246 g/mol. The fourth-order valence-corrected chi connectivity index (χ4v) is 3.32. The van der Waals surface area contributed by atoms with Gasteiger partial charge in [0.05, 0.1) is 5.69 Å². The molecule has 1 saturated carbocycles. The highest BCUT2D eigenvalue weighted by Crippen LogP contribution is 2.40. The average Bonchev–Trinajstić information content (AvgIpc) is 2.76. The summed E-state index contributed by atoms with van der Waals surface area (Å²) in [6, 6.07) is 8.57. The van der Waals surface area contributed by atoms with Gasteiger partial charge in [0.1, 0.15) is 5.82 Å². The van der Waals surface area contributed by atoms with Gasteiger partial charge in [0.15, 0.2) is 0 Å². The van der Waals surface area contributed by atoms with Gasteiger partial charge in [0.25, 0.3) is 0 Å². The van der Waals surface area contributed by atoms with Gasteiger partial charge in [-0.15, -0.1) is 0 Å². The molecule has 1 fully saturated rings. The molecule has 0 spiro atoms. The van der Waals surface area contributed by atoms with Crippen molar-refractivity contribution in [3.05, 3.63) is 35.5 Å². The molecule has 0 atom stereocenters. The molecular formula is C17H23N3. The van der Waals surface area contributed by atoms with Crippen LogP contribution in [0.25, 0.3) is 11.1 Å². The van der Waals surface area contributed by atoms with Crippen LogP contribution in [-0.2, 0) is 7.05 Å². The van der Waals surface area contributed by atoms with E-state index in [0.717, 1.165) is 11.4 Å². The minimum atomic E-state index is 0.572. The largest absolute Gasteiger partial charge is 0.383 e. The Morgan fingerprint density at radius 1 is 1.20 bits per heavy atom. The molecule has 1 aromatic heterocycles. The van der Waals surface area contributed by atoms with Gasteiger partial charge in [0, 0.05) is 18.5 Å². The number of nitrogens with two attached hydrogens (primary N) is 1. The molecule has 0 saturated heterocycles. The average molecular weight is 269 g/mol. The monoisotopic (exact) mass is 269 g/mol. The van der Waals surface area contributed by atoms with Crippen molar-refractivity contribution < 1.29 is 0 Å². The van der Waals surface area contributed by atoms with E-state index < -0.39 is 0 Å². The summed E-state index contributed by atoms with van der Waals surface area (Å²) in [7, 11) is 1.95. The summed E-state index contributed by atoms with van der Waals surface area (Å²) in [4.78, 5) is 0. The van der Waals surface area contributed by atoms with E-state index >= 15 is 0 Å². The number of rotatable bonds is 2. The van der Waals surface area contributed by atoms with Gasteiger partial charge in [-0.25, -0.2) is 0 Å². The molecule has 0 amide bonds. The Bertz CT molecular complexity index is 607. The van der Waals surface area contributed by atoms with E-state index in [4.69, 9.17) is 10.8 Å². The minimum absolute atomic E-state index is 0.572. The molecule has 0 aliphatic heterocycles. The third-order valence-corrected chi connectivity index (χ3v) is 4.42. The SMILES string of the molecule is Cc1cccc(-c2c(C3CCCCC3)nn(C)c2N)c1. The zero-order valence-electron chi connectivity index (χ0n) is 12.4. The summed E-state index contributed by atoms with van der Waals surface area (Å²) in [6.45, 7) is 2.12. The number of aromatic nitrogens is 2. The number of nitrogens with zero attached hydrogens (tertiary/aromatic N) is 2. The van der Waals surface area contributed by atoms with Crippen LogP contribution in [0.3, 0.4) is 0 Å². The number of anilines is 1. The Kier molecular flexibility index (Phi) is 3.51. The molecule has 0 unspecified atom stereocenters. The summed E-state index contributed by atoms with van der Waals surface area (Å²) in [5.41, 5.74) is 11.1. The molecule has 1 aliphatic rings. The molecule has 0 bridgehead atoms. The van der Waals surface area contributed by atoms with Crippen molar-refractivity contribution in [2.24, 2.45) is 7.05 Å². The third-order valence-electron chi connectivity index (χ3n) is 4.42. The Morgan fingerprint density at radius 3 is 2.65 bits per heavy atom. The maximum Gasteiger partial charge on any atom is 0.129 e. The fraction of sp³-hybridized carbons (Fsp3) is 0.471. The molecule has 1 heterocycles. The lowest BCUT2D eigenvalue weighted by atomic mass is 9.84. The molecule has 2 aromatic rings. The maximum atomic E-state index is 6.29. The van der Waals surface area contributed by atoms with Gasteiger partial charge >= 0.3 is 0 Å². The first-order valence-electron chi connectivity index (χ1n) is 7.56. The topological polar surface area (TPSA) is 43.8 Å². The lowest BCUT2D eigenvalue weighted by molar-refractivity contribution is 0.434. The van der Waals surface area contributed by atoms with Gasteiger partial charge in [0.2, 0.25) is 0 Å². The standard InChI is InChI=1S/C17H23N3/c1-12-7-6-10-14(11-12)15-16(19-20(2)17(15)18)13-8-4-3-5-9-13/h6-7,10-11,13H,3-5,8-9,18H2,1-2H3. The Labute approximate surface area is 120 Å². The third kappa shape index (κ3) is 2.33. The molecule has 0 radical (unpaired) electrons. The van der Waals surface area contributed by atoms with Crippen LogP contribution >= 0.6 is 0 Å². The zero-order valence-corrected chi connectivity index (χ0v) is 12.4. The van der Waals surface area contributed by atoms with Gasteiger partial charge in [-0.2, -0.15) is 5.10 Å². The molecule has 3 nitrogen and oxygen atoms in total. The molecule has 106 valence electrons. The number of hydrogen-bond donors (Lipinski definition) is 1. The molecule has 3 heteroatoms. The van der Waals surface area contributed by atoms with Crippen molar-refractivity contribution in [3.8, 4) is 11.1 Å². The predicted molar refractivity (Wildman–Crippen MR) is 83.6 cm³/mol. The van der Waals surface area contributed by atoms with Crippen molar-refractivity contribution in [2.45, 2.75) is 44.9 Å². The van der Waals surface area contributed by atoms with Gasteiger partial charge in [-0.1, -0.05) is 49.1 Å².